The highest BCUT2D eigenvalue weighted by Crippen LogP contribution is 2.30. The Morgan fingerprint density at radius 3 is 2.44 bits per heavy atom. The summed E-state index contributed by atoms with van der Waals surface area (Å²) < 4.78 is 12.4. The van der Waals surface area contributed by atoms with Crippen LogP contribution in [-0.2, 0) is 0 Å². The normalized spacial score (nSPS) is 11.3. The van der Waals surface area contributed by atoms with Crippen molar-refractivity contribution in [2.24, 2.45) is 0 Å². The summed E-state index contributed by atoms with van der Waals surface area (Å²) in [7, 11) is 1.52. The quantitative estimate of drug-likeness (QED) is 0.726. The van der Waals surface area contributed by atoms with Gasteiger partial charge >= 0.3 is 5.69 Å². The zero-order valence-corrected chi connectivity index (χ0v) is 15.5. The van der Waals surface area contributed by atoms with Crippen molar-refractivity contribution in [3.05, 3.63) is 71.3 Å². The van der Waals surface area contributed by atoms with Gasteiger partial charge in [-0.1, -0.05) is 30.3 Å². The van der Waals surface area contributed by atoms with Gasteiger partial charge in [0, 0.05) is 17.8 Å². The molecule has 0 atom stereocenters. The van der Waals surface area contributed by atoms with E-state index in [9.17, 15) is 9.90 Å². The highest BCUT2D eigenvalue weighted by molar-refractivity contribution is 5.58. The molecule has 1 heterocycles. The van der Waals surface area contributed by atoms with E-state index in [2.05, 4.69) is 4.98 Å². The molecule has 3 aromatic rings. The Balaban J connectivity index is 1.91. The van der Waals surface area contributed by atoms with Crippen molar-refractivity contribution in [3.63, 3.8) is 0 Å². The third kappa shape index (κ3) is 4.54. The number of hydrogen-bond donors (Lipinski definition) is 1. The Hall–Kier alpha value is -3.12. The molecule has 0 saturated heterocycles. The second kappa shape index (κ2) is 7.63. The van der Waals surface area contributed by atoms with E-state index < -0.39 is 5.60 Å². The van der Waals surface area contributed by atoms with Crippen molar-refractivity contribution in [1.82, 2.24) is 9.55 Å². The van der Waals surface area contributed by atoms with E-state index >= 15 is 0 Å². The standard InChI is InChI=1S/C21H22N2O4/c1-21(2,25)14-27-18-10-9-16(13-19(18)26-3)23-12-11-17(22-20(23)24)15-7-5-4-6-8-15/h4-13,25H,14H2,1-3H3. The highest BCUT2D eigenvalue weighted by Gasteiger charge is 2.16. The Labute approximate surface area is 157 Å². The number of rotatable bonds is 6. The van der Waals surface area contributed by atoms with Crippen LogP contribution in [0.5, 0.6) is 11.5 Å². The third-order valence-corrected chi connectivity index (χ3v) is 3.88. The number of aromatic nitrogens is 2. The molecule has 6 nitrogen and oxygen atoms in total. The molecule has 3 rings (SSSR count). The highest BCUT2D eigenvalue weighted by atomic mass is 16.5. The molecule has 0 amide bonds. The van der Waals surface area contributed by atoms with Gasteiger partial charge in [-0.2, -0.15) is 4.98 Å². The van der Waals surface area contributed by atoms with E-state index in [1.807, 2.05) is 30.3 Å². The van der Waals surface area contributed by atoms with Crippen molar-refractivity contribution in [3.8, 4) is 28.4 Å². The second-order valence-electron chi connectivity index (χ2n) is 6.77. The van der Waals surface area contributed by atoms with Gasteiger partial charge in [-0.25, -0.2) is 4.79 Å². The number of hydrogen-bond acceptors (Lipinski definition) is 5. The van der Waals surface area contributed by atoms with Crippen molar-refractivity contribution >= 4 is 0 Å². The van der Waals surface area contributed by atoms with Crippen LogP contribution in [0.25, 0.3) is 16.9 Å². The molecule has 0 aliphatic heterocycles. The zero-order valence-electron chi connectivity index (χ0n) is 15.5. The zero-order chi connectivity index (χ0) is 19.4. The molecular formula is C21H22N2O4. The average Bonchev–Trinajstić information content (AvgIpc) is 2.66. The predicted octanol–water partition coefficient (Wildman–Crippen LogP) is 3.06. The fourth-order valence-corrected chi connectivity index (χ4v) is 2.55. The minimum absolute atomic E-state index is 0.121. The summed E-state index contributed by atoms with van der Waals surface area (Å²) in [5, 5.41) is 9.81. The first-order valence-electron chi connectivity index (χ1n) is 8.56. The maximum absolute atomic E-state index is 12.5. The van der Waals surface area contributed by atoms with E-state index in [-0.39, 0.29) is 12.3 Å². The maximum atomic E-state index is 12.5. The summed E-state index contributed by atoms with van der Waals surface area (Å²) in [6, 6.07) is 16.5. The Morgan fingerprint density at radius 2 is 1.81 bits per heavy atom. The van der Waals surface area contributed by atoms with Crippen molar-refractivity contribution < 1.29 is 14.6 Å². The molecule has 0 aliphatic carbocycles. The van der Waals surface area contributed by atoms with Gasteiger partial charge in [-0.15, -0.1) is 0 Å². The molecule has 1 aromatic heterocycles. The van der Waals surface area contributed by atoms with Crippen LogP contribution in [0, 0.1) is 0 Å². The van der Waals surface area contributed by atoms with Gasteiger partial charge in [-0.05, 0) is 32.0 Å². The van der Waals surface area contributed by atoms with Crippen LogP contribution in [0.1, 0.15) is 13.8 Å². The molecule has 140 valence electrons. The van der Waals surface area contributed by atoms with E-state index in [0.29, 0.717) is 22.9 Å². The van der Waals surface area contributed by atoms with Gasteiger partial charge in [0.1, 0.15) is 6.61 Å². The molecule has 6 heteroatoms. The number of aliphatic hydroxyl groups is 1. The van der Waals surface area contributed by atoms with Crippen LogP contribution >= 0.6 is 0 Å². The fraction of sp³-hybridized carbons (Fsp3) is 0.238. The molecule has 27 heavy (non-hydrogen) atoms. The van der Waals surface area contributed by atoms with Crippen LogP contribution in [0.15, 0.2) is 65.6 Å². The molecule has 0 radical (unpaired) electrons. The van der Waals surface area contributed by atoms with Crippen molar-refractivity contribution in [2.75, 3.05) is 13.7 Å². The maximum Gasteiger partial charge on any atom is 0.352 e. The third-order valence-electron chi connectivity index (χ3n) is 3.88. The Bertz CT molecular complexity index is 975. The van der Waals surface area contributed by atoms with E-state index in [0.717, 1.165) is 5.56 Å². The van der Waals surface area contributed by atoms with Crippen LogP contribution in [0.4, 0.5) is 0 Å². The van der Waals surface area contributed by atoms with Gasteiger partial charge in [0.05, 0.1) is 24.1 Å². The number of methoxy groups -OCH3 is 1. The summed E-state index contributed by atoms with van der Waals surface area (Å²) in [6.45, 7) is 3.44. The first kappa shape index (κ1) is 18.7. The molecule has 2 aromatic carbocycles. The summed E-state index contributed by atoms with van der Waals surface area (Å²) in [5.74, 6) is 0.959. The van der Waals surface area contributed by atoms with Crippen molar-refractivity contribution in [1.29, 1.82) is 0 Å². The average molecular weight is 366 g/mol. The van der Waals surface area contributed by atoms with Crippen LogP contribution in [-0.4, -0.2) is 34.0 Å². The lowest BCUT2D eigenvalue weighted by Gasteiger charge is -2.19. The van der Waals surface area contributed by atoms with E-state index in [1.54, 1.807) is 44.3 Å². The first-order valence-corrected chi connectivity index (χ1v) is 8.56. The van der Waals surface area contributed by atoms with Gasteiger partial charge in [0.15, 0.2) is 11.5 Å². The van der Waals surface area contributed by atoms with Gasteiger partial charge in [0.2, 0.25) is 0 Å². The summed E-state index contributed by atoms with van der Waals surface area (Å²) in [6.07, 6.45) is 1.68. The van der Waals surface area contributed by atoms with Crippen LogP contribution < -0.4 is 15.2 Å². The lowest BCUT2D eigenvalue weighted by Crippen LogP contribution is -2.28. The SMILES string of the molecule is COc1cc(-n2ccc(-c3ccccc3)nc2=O)ccc1OCC(C)(C)O. The number of ether oxygens (including phenoxy) is 2. The fourth-order valence-electron chi connectivity index (χ4n) is 2.55. The number of nitrogens with zero attached hydrogens (tertiary/aromatic N) is 2. The molecule has 0 aliphatic rings. The first-order chi connectivity index (χ1) is 12.9. The smallest absolute Gasteiger partial charge is 0.352 e. The molecular weight excluding hydrogens is 344 g/mol. The molecule has 0 spiro atoms. The molecule has 0 unspecified atom stereocenters. The predicted molar refractivity (Wildman–Crippen MR) is 104 cm³/mol. The molecule has 0 fully saturated rings. The number of benzene rings is 2. The Morgan fingerprint density at radius 1 is 1.07 bits per heavy atom. The second-order valence-corrected chi connectivity index (χ2v) is 6.77. The summed E-state index contributed by atoms with van der Waals surface area (Å²) >= 11 is 0. The lowest BCUT2D eigenvalue weighted by atomic mass is 10.1. The molecule has 1 N–H and O–H groups in total. The molecule has 0 saturated carbocycles. The summed E-state index contributed by atoms with van der Waals surface area (Å²) in [5.41, 5.74) is 0.768. The summed E-state index contributed by atoms with van der Waals surface area (Å²) in [4.78, 5) is 16.7. The van der Waals surface area contributed by atoms with E-state index in [4.69, 9.17) is 9.47 Å². The lowest BCUT2D eigenvalue weighted by molar-refractivity contribution is 0.0276. The largest absolute Gasteiger partial charge is 0.493 e. The van der Waals surface area contributed by atoms with Gasteiger partial charge in [0.25, 0.3) is 0 Å². The van der Waals surface area contributed by atoms with Crippen molar-refractivity contribution in [2.45, 2.75) is 19.4 Å². The minimum atomic E-state index is -0.961. The monoisotopic (exact) mass is 366 g/mol. The van der Waals surface area contributed by atoms with Crippen LogP contribution in [0.2, 0.25) is 0 Å². The van der Waals surface area contributed by atoms with Crippen LogP contribution in [0.3, 0.4) is 0 Å². The minimum Gasteiger partial charge on any atom is -0.493 e. The van der Waals surface area contributed by atoms with Gasteiger partial charge in [-0.3, -0.25) is 4.57 Å². The van der Waals surface area contributed by atoms with Gasteiger partial charge < -0.3 is 14.6 Å². The molecule has 0 bridgehead atoms. The van der Waals surface area contributed by atoms with E-state index in [1.165, 1.54) is 11.7 Å². The topological polar surface area (TPSA) is 73.6 Å². The Kier molecular flexibility index (Phi) is 5.28.